The van der Waals surface area contributed by atoms with E-state index in [2.05, 4.69) is 53.5 Å². The molecule has 1 aromatic rings. The number of sulfone groups is 1. The molecule has 2 atom stereocenters. The van der Waals surface area contributed by atoms with Crippen molar-refractivity contribution in [2.45, 2.75) is 70.4 Å². The van der Waals surface area contributed by atoms with Gasteiger partial charge in [0.2, 0.25) is 0 Å². The first-order valence-corrected chi connectivity index (χ1v) is 15.7. The van der Waals surface area contributed by atoms with E-state index in [1.807, 2.05) is 0 Å². The van der Waals surface area contributed by atoms with Crippen molar-refractivity contribution in [3.63, 3.8) is 0 Å². The van der Waals surface area contributed by atoms with Gasteiger partial charge in [-0.2, -0.15) is 26.3 Å². The molecule has 3 N–H and O–H groups in total. The van der Waals surface area contributed by atoms with Gasteiger partial charge in [0.15, 0.2) is 0 Å². The molecule has 4 rings (SSSR count). The molecule has 1 saturated heterocycles. The van der Waals surface area contributed by atoms with Crippen LogP contribution in [0.4, 0.5) is 26.3 Å². The molecular weight excluding hydrogens is 606 g/mol. The minimum atomic E-state index is -5.08. The standard InChI is InChI=1S/C24H36N2O2S.2C2HF3O2/c1-3-20(13-19-9-6-5-7-10-19)22-14-23(22)25-21-15-24(16-21)17-26(18-24)11-8-12-29(27,28)4-2;2*3-2(4,5)1(6)7/h5-7,9-10,13,21-23,25H,3-4,8,11-12,14-18H2,1-2H3;2*(H,6,7)/b20-13+;;/t22-,23+;;/m0../s1. The van der Waals surface area contributed by atoms with Crippen molar-refractivity contribution < 1.29 is 54.6 Å². The van der Waals surface area contributed by atoms with E-state index in [0.717, 1.165) is 25.3 Å². The van der Waals surface area contributed by atoms with Crippen LogP contribution in [0, 0.1) is 11.3 Å². The van der Waals surface area contributed by atoms with Crippen molar-refractivity contribution in [3.8, 4) is 0 Å². The number of carbonyl (C=O) groups is 2. The molecule has 1 heterocycles. The predicted octanol–water partition coefficient (Wildman–Crippen LogP) is 5.01. The highest BCUT2D eigenvalue weighted by molar-refractivity contribution is 7.91. The number of rotatable bonds is 10. The second-order valence-electron chi connectivity index (χ2n) is 11.1. The van der Waals surface area contributed by atoms with Crippen molar-refractivity contribution in [1.29, 1.82) is 0 Å². The Bertz CT molecular complexity index is 1180. The minimum Gasteiger partial charge on any atom is -0.475 e. The molecule has 0 amide bonds. The molecule has 1 aromatic carbocycles. The SMILES string of the molecule is CC/C(=C\c1ccccc1)[C@@H]1C[C@H]1NC1CC2(C1)CN(CCCS(=O)(=O)CC)C2.O=C(O)C(F)(F)F.O=C(O)C(F)(F)F. The van der Waals surface area contributed by atoms with Gasteiger partial charge in [-0.05, 0) is 55.5 Å². The van der Waals surface area contributed by atoms with E-state index in [0.29, 0.717) is 23.3 Å². The van der Waals surface area contributed by atoms with Crippen LogP contribution in [0.1, 0.15) is 51.5 Å². The third kappa shape index (κ3) is 12.1. The van der Waals surface area contributed by atoms with Crippen molar-refractivity contribution in [3.05, 3.63) is 41.5 Å². The fourth-order valence-corrected chi connectivity index (χ4v) is 6.26. The lowest BCUT2D eigenvalue weighted by atomic mass is 9.60. The van der Waals surface area contributed by atoms with Gasteiger partial charge in [-0.1, -0.05) is 55.8 Å². The van der Waals surface area contributed by atoms with E-state index >= 15 is 0 Å². The summed E-state index contributed by atoms with van der Waals surface area (Å²) in [6, 6.07) is 12.0. The monoisotopic (exact) mass is 644 g/mol. The number of hydrogen-bond donors (Lipinski definition) is 3. The van der Waals surface area contributed by atoms with Crippen LogP contribution in [-0.2, 0) is 19.4 Å². The molecule has 0 aromatic heterocycles. The van der Waals surface area contributed by atoms with Crippen LogP contribution in [0.2, 0.25) is 0 Å². The smallest absolute Gasteiger partial charge is 0.475 e. The highest BCUT2D eigenvalue weighted by atomic mass is 32.2. The molecule has 0 unspecified atom stereocenters. The number of hydrogen-bond acceptors (Lipinski definition) is 6. The Morgan fingerprint density at radius 2 is 1.51 bits per heavy atom. The molecule has 0 radical (unpaired) electrons. The summed E-state index contributed by atoms with van der Waals surface area (Å²) < 4.78 is 86.7. The normalized spacial score (nSPS) is 21.8. The average Bonchev–Trinajstić information content (AvgIpc) is 3.63. The van der Waals surface area contributed by atoms with Gasteiger partial charge in [-0.15, -0.1) is 0 Å². The largest absolute Gasteiger partial charge is 0.490 e. The van der Waals surface area contributed by atoms with E-state index in [1.165, 1.54) is 37.9 Å². The molecule has 2 saturated carbocycles. The molecular formula is C28H38F6N2O6S. The number of halogens is 6. The third-order valence-electron chi connectivity index (χ3n) is 7.61. The molecule has 8 nitrogen and oxygen atoms in total. The summed E-state index contributed by atoms with van der Waals surface area (Å²) in [4.78, 5) is 20.2. The molecule has 15 heteroatoms. The number of aliphatic carboxylic acids is 2. The molecule has 3 aliphatic rings. The van der Waals surface area contributed by atoms with Crippen LogP contribution in [0.15, 0.2) is 35.9 Å². The Kier molecular flexibility index (Phi) is 12.7. The van der Waals surface area contributed by atoms with Gasteiger partial charge >= 0.3 is 24.3 Å². The molecule has 43 heavy (non-hydrogen) atoms. The first kappa shape index (κ1) is 36.5. The number of nitrogens with zero attached hydrogens (tertiary/aromatic N) is 1. The fraction of sp³-hybridized carbons (Fsp3) is 0.643. The lowest BCUT2D eigenvalue weighted by Gasteiger charge is -2.59. The number of carboxylic acids is 2. The molecule has 244 valence electrons. The van der Waals surface area contributed by atoms with Crippen LogP contribution in [0.3, 0.4) is 0 Å². The quantitative estimate of drug-likeness (QED) is 0.304. The summed E-state index contributed by atoms with van der Waals surface area (Å²) in [5, 5.41) is 18.2. The summed E-state index contributed by atoms with van der Waals surface area (Å²) in [5.41, 5.74) is 3.43. The third-order valence-corrected chi connectivity index (χ3v) is 9.40. The highest BCUT2D eigenvalue weighted by Crippen LogP contribution is 2.50. The molecule has 0 bridgehead atoms. The van der Waals surface area contributed by atoms with Gasteiger partial charge < -0.3 is 20.4 Å². The maximum absolute atomic E-state index is 11.6. The summed E-state index contributed by atoms with van der Waals surface area (Å²) >= 11 is 0. The van der Waals surface area contributed by atoms with Gasteiger partial charge in [0.25, 0.3) is 0 Å². The lowest BCUT2D eigenvalue weighted by molar-refractivity contribution is -0.193. The van der Waals surface area contributed by atoms with Crippen LogP contribution < -0.4 is 5.32 Å². The van der Waals surface area contributed by atoms with Crippen molar-refractivity contribution in [1.82, 2.24) is 10.2 Å². The van der Waals surface area contributed by atoms with E-state index < -0.39 is 34.1 Å². The summed E-state index contributed by atoms with van der Waals surface area (Å²) in [6.07, 6.45) is -1.99. The number of benzene rings is 1. The zero-order valence-corrected chi connectivity index (χ0v) is 24.7. The minimum absolute atomic E-state index is 0.271. The Morgan fingerprint density at radius 3 is 1.95 bits per heavy atom. The van der Waals surface area contributed by atoms with Crippen LogP contribution in [0.25, 0.3) is 6.08 Å². The van der Waals surface area contributed by atoms with Crippen molar-refractivity contribution in [2.75, 3.05) is 31.1 Å². The topological polar surface area (TPSA) is 124 Å². The van der Waals surface area contributed by atoms with Crippen molar-refractivity contribution in [2.24, 2.45) is 11.3 Å². The maximum Gasteiger partial charge on any atom is 0.490 e. The Morgan fingerprint density at radius 1 is 1.00 bits per heavy atom. The van der Waals surface area contributed by atoms with Gasteiger partial charge in [-0.25, -0.2) is 18.0 Å². The summed E-state index contributed by atoms with van der Waals surface area (Å²) in [6.45, 7) is 7.28. The number of nitrogens with one attached hydrogen (secondary N) is 1. The first-order valence-electron chi connectivity index (χ1n) is 13.9. The van der Waals surface area contributed by atoms with E-state index in [4.69, 9.17) is 19.8 Å². The Labute approximate surface area is 247 Å². The lowest BCUT2D eigenvalue weighted by Crippen LogP contribution is -2.66. The van der Waals surface area contributed by atoms with Crippen molar-refractivity contribution >= 4 is 27.9 Å². The molecule has 1 aliphatic heterocycles. The Balaban J connectivity index is 0.000000384. The molecule has 1 spiro atoms. The van der Waals surface area contributed by atoms with Gasteiger partial charge in [0, 0.05) is 30.9 Å². The van der Waals surface area contributed by atoms with E-state index in [-0.39, 0.29) is 5.75 Å². The second-order valence-corrected chi connectivity index (χ2v) is 13.6. The predicted molar refractivity (Wildman–Crippen MR) is 148 cm³/mol. The second kappa shape index (κ2) is 14.9. The number of likely N-dealkylation sites (tertiary alicyclic amines) is 1. The van der Waals surface area contributed by atoms with Gasteiger partial charge in [0.05, 0.1) is 5.75 Å². The van der Waals surface area contributed by atoms with Crippen LogP contribution in [-0.4, -0.2) is 91.0 Å². The average molecular weight is 645 g/mol. The van der Waals surface area contributed by atoms with E-state index in [9.17, 15) is 34.8 Å². The number of carboxylic acid groups (broad SMARTS) is 2. The van der Waals surface area contributed by atoms with Gasteiger partial charge in [-0.3, -0.25) is 0 Å². The highest BCUT2D eigenvalue weighted by Gasteiger charge is 2.53. The molecule has 2 aliphatic carbocycles. The van der Waals surface area contributed by atoms with E-state index in [1.54, 1.807) is 12.5 Å². The first-order chi connectivity index (χ1) is 19.8. The Hall–Kier alpha value is -2.65. The zero-order chi connectivity index (χ0) is 32.6. The number of alkyl halides is 6. The zero-order valence-electron chi connectivity index (χ0n) is 23.9. The maximum atomic E-state index is 11.6. The summed E-state index contributed by atoms with van der Waals surface area (Å²) in [5.74, 6) is -4.18. The van der Waals surface area contributed by atoms with Crippen LogP contribution in [0.5, 0.6) is 0 Å². The fourth-order valence-electron chi connectivity index (χ4n) is 5.40. The summed E-state index contributed by atoms with van der Waals surface area (Å²) in [7, 11) is -2.81. The van der Waals surface area contributed by atoms with Gasteiger partial charge in [0.1, 0.15) is 9.84 Å². The van der Waals surface area contributed by atoms with Crippen LogP contribution >= 0.6 is 0 Å². The molecule has 3 fully saturated rings.